The molecule has 5 unspecified atom stereocenters. The summed E-state index contributed by atoms with van der Waals surface area (Å²) in [4.78, 5) is 54.9. The minimum atomic E-state index is -0.623. The van der Waals surface area contributed by atoms with Gasteiger partial charge < -0.3 is 19.6 Å². The second kappa shape index (κ2) is 13.2. The molecule has 0 N–H and O–H groups in total. The van der Waals surface area contributed by atoms with Gasteiger partial charge in [0.2, 0.25) is 11.8 Å². The van der Waals surface area contributed by atoms with Crippen LogP contribution in [0.2, 0.25) is 5.02 Å². The van der Waals surface area contributed by atoms with Crippen LogP contribution in [0.5, 0.6) is 0 Å². The molecule has 4 aliphatic heterocycles. The van der Waals surface area contributed by atoms with Gasteiger partial charge in [0.05, 0.1) is 6.04 Å². The number of likely N-dealkylation sites (tertiary alicyclic amines) is 1. The largest absolute Gasteiger partial charge is 0.337 e. The fourth-order valence-electron chi connectivity index (χ4n) is 7.85. The van der Waals surface area contributed by atoms with Gasteiger partial charge in [-0.05, 0) is 86.2 Å². The van der Waals surface area contributed by atoms with Crippen molar-refractivity contribution in [1.29, 1.82) is 0 Å². The van der Waals surface area contributed by atoms with Crippen molar-refractivity contribution >= 4 is 62.2 Å². The Labute approximate surface area is 295 Å². The van der Waals surface area contributed by atoms with Crippen LogP contribution in [-0.2, 0) is 19.9 Å². The quantitative estimate of drug-likeness (QED) is 0.314. The summed E-state index contributed by atoms with van der Waals surface area (Å²) in [5, 5.41) is 1.46. The first-order chi connectivity index (χ1) is 22.3. The molecule has 2 saturated heterocycles. The number of benzene rings is 2. The number of carbonyl (C=O) groups is 3. The maximum absolute atomic E-state index is 14.8. The van der Waals surface area contributed by atoms with Gasteiger partial charge in [0, 0.05) is 53.8 Å². The lowest BCUT2D eigenvalue weighted by Gasteiger charge is -2.41. The van der Waals surface area contributed by atoms with Crippen LogP contribution in [0, 0.1) is 5.92 Å². The number of aliphatic imine (C=N–C) groups is 1. The third kappa shape index (κ3) is 6.03. The van der Waals surface area contributed by atoms with Crippen LogP contribution in [-0.4, -0.2) is 80.2 Å². The van der Waals surface area contributed by atoms with E-state index in [9.17, 15) is 14.4 Å². The molecule has 6 rings (SSSR count). The van der Waals surface area contributed by atoms with Crippen molar-refractivity contribution < 1.29 is 14.4 Å². The molecule has 2 aromatic carbocycles. The molecule has 5 atom stereocenters. The summed E-state index contributed by atoms with van der Waals surface area (Å²) in [6, 6.07) is 15.4. The van der Waals surface area contributed by atoms with E-state index in [1.54, 1.807) is 6.92 Å². The van der Waals surface area contributed by atoms with Crippen molar-refractivity contribution in [3.05, 3.63) is 79.8 Å². The highest BCUT2D eigenvalue weighted by atomic mass is 79.9. The zero-order valence-electron chi connectivity index (χ0n) is 27.9. The van der Waals surface area contributed by atoms with Crippen LogP contribution in [0.1, 0.15) is 78.0 Å². The Morgan fingerprint density at radius 3 is 2.34 bits per heavy atom. The third-order valence-electron chi connectivity index (χ3n) is 10.2. The number of hydrogen-bond acceptors (Lipinski definition) is 6. The summed E-state index contributed by atoms with van der Waals surface area (Å²) in [5.41, 5.74) is 2.46. The number of amides is 3. The van der Waals surface area contributed by atoms with Crippen molar-refractivity contribution in [2.24, 2.45) is 10.9 Å². The molecule has 3 amide bonds. The first kappa shape index (κ1) is 34.1. The number of piperazine rings is 1. The summed E-state index contributed by atoms with van der Waals surface area (Å²) >= 11 is 11.4. The average Bonchev–Trinajstić information content (AvgIpc) is 3.71. The van der Waals surface area contributed by atoms with Gasteiger partial charge in [-0.1, -0.05) is 72.6 Å². The number of amidine groups is 1. The summed E-state index contributed by atoms with van der Waals surface area (Å²) in [7, 11) is 0. The second-order valence-corrected chi connectivity index (χ2v) is 15.9. The van der Waals surface area contributed by atoms with Crippen LogP contribution in [0.4, 0.5) is 0 Å². The first-order valence-corrected chi connectivity index (χ1v) is 18.6. The molecule has 2 aromatic rings. The fourth-order valence-corrected chi connectivity index (χ4v) is 9.59. The van der Waals surface area contributed by atoms with Crippen molar-refractivity contribution in [3.63, 3.8) is 0 Å². The van der Waals surface area contributed by atoms with E-state index in [1.165, 1.54) is 11.8 Å². The number of thioether (sulfide) groups is 1. The van der Waals surface area contributed by atoms with E-state index in [0.29, 0.717) is 36.0 Å². The van der Waals surface area contributed by atoms with E-state index < -0.39 is 11.6 Å². The Hall–Kier alpha value is -2.82. The maximum Gasteiger partial charge on any atom is 0.263 e. The maximum atomic E-state index is 14.8. The Morgan fingerprint density at radius 2 is 1.74 bits per heavy atom. The van der Waals surface area contributed by atoms with Gasteiger partial charge in [-0.15, -0.1) is 0 Å². The summed E-state index contributed by atoms with van der Waals surface area (Å²) in [6.07, 6.45) is 2.20. The molecule has 250 valence electrons. The number of nitrogens with zero attached hydrogens (tertiary/aromatic N) is 5. The van der Waals surface area contributed by atoms with Crippen LogP contribution in [0.25, 0.3) is 0 Å². The van der Waals surface area contributed by atoms with E-state index in [1.807, 2.05) is 45.9 Å². The molecular formula is C36H43BrClN5O3S. The van der Waals surface area contributed by atoms with Gasteiger partial charge in [0.25, 0.3) is 5.91 Å². The summed E-state index contributed by atoms with van der Waals surface area (Å²) < 4.78 is 0.999. The number of allylic oxidation sites excluding steroid dienone is 1. The molecule has 0 radical (unpaired) electrons. The van der Waals surface area contributed by atoms with Gasteiger partial charge in [-0.25, -0.2) is 4.99 Å². The minimum absolute atomic E-state index is 0.0151. The molecule has 11 heteroatoms. The van der Waals surface area contributed by atoms with Crippen molar-refractivity contribution in [2.75, 3.05) is 19.6 Å². The Morgan fingerprint density at radius 1 is 1.06 bits per heavy atom. The zero-order chi connectivity index (χ0) is 33.8. The van der Waals surface area contributed by atoms with Gasteiger partial charge in [0.15, 0.2) is 5.17 Å². The van der Waals surface area contributed by atoms with Crippen molar-refractivity contribution in [1.82, 2.24) is 19.6 Å². The van der Waals surface area contributed by atoms with Gasteiger partial charge >= 0.3 is 0 Å². The van der Waals surface area contributed by atoms with E-state index in [2.05, 4.69) is 72.8 Å². The monoisotopic (exact) mass is 739 g/mol. The van der Waals surface area contributed by atoms with Crippen LogP contribution < -0.4 is 0 Å². The number of carbonyl (C=O) groups excluding carboxylic acids is 3. The predicted molar refractivity (Wildman–Crippen MR) is 192 cm³/mol. The highest BCUT2D eigenvalue weighted by molar-refractivity contribution is 9.10. The molecule has 0 aliphatic carbocycles. The summed E-state index contributed by atoms with van der Waals surface area (Å²) in [6.45, 7) is 13.5. The van der Waals surface area contributed by atoms with Crippen LogP contribution >= 0.6 is 39.3 Å². The number of rotatable bonds is 6. The molecule has 47 heavy (non-hydrogen) atoms. The highest BCUT2D eigenvalue weighted by Crippen LogP contribution is 2.56. The number of fused-ring (bicyclic) bond motifs is 1. The normalized spacial score (nSPS) is 27.6. The van der Waals surface area contributed by atoms with E-state index in [4.69, 9.17) is 16.6 Å². The first-order valence-electron chi connectivity index (χ1n) is 16.6. The minimum Gasteiger partial charge on any atom is -0.337 e. The van der Waals surface area contributed by atoms with Crippen molar-refractivity contribution in [2.45, 2.75) is 90.5 Å². The average molecular weight is 741 g/mol. The molecule has 0 saturated carbocycles. The molecule has 8 nitrogen and oxygen atoms in total. The number of halogens is 2. The zero-order valence-corrected chi connectivity index (χ0v) is 31.0. The highest BCUT2D eigenvalue weighted by Gasteiger charge is 2.54. The second-order valence-electron chi connectivity index (χ2n) is 13.6. The molecular weight excluding hydrogens is 698 g/mol. The lowest BCUT2D eigenvalue weighted by Crippen LogP contribution is -2.58. The SMILES string of the molecule is CCC1CCC(C(=O)N2CCN(C(C)=O)C(C)C2)N1C(=O)C1=C(C(C)C)N2C(=NC(C)(c3ccc(Br)cc3)C2c2ccc(Cl)cc2)S1. The van der Waals surface area contributed by atoms with Gasteiger partial charge in [-0.2, -0.15) is 0 Å². The lowest BCUT2D eigenvalue weighted by molar-refractivity contribution is -0.147. The molecule has 4 heterocycles. The Bertz CT molecular complexity index is 1630. The number of hydrogen-bond donors (Lipinski definition) is 0. The molecule has 4 aliphatic rings. The predicted octanol–water partition coefficient (Wildman–Crippen LogP) is 7.19. The van der Waals surface area contributed by atoms with E-state index in [0.717, 1.165) is 39.3 Å². The standard InChI is InChI=1S/C36H43BrClN5O3S/c1-7-28-16-17-29(33(45)40-18-19-41(23(5)44)22(4)20-40)42(28)34(46)31-30(21(2)3)43-32(24-8-14-27(38)15-9-24)36(6,39-35(43)47-31)25-10-12-26(37)13-11-25/h8-15,21-22,28-29,32H,7,16-20H2,1-6H3. The third-order valence-corrected chi connectivity index (χ3v) is 12.0. The van der Waals surface area contributed by atoms with Gasteiger partial charge in [0.1, 0.15) is 16.5 Å². The van der Waals surface area contributed by atoms with Gasteiger partial charge in [-0.3, -0.25) is 14.4 Å². The summed E-state index contributed by atoms with van der Waals surface area (Å²) in [5.74, 6) is -0.0576. The van der Waals surface area contributed by atoms with E-state index in [-0.39, 0.29) is 41.8 Å². The van der Waals surface area contributed by atoms with Crippen LogP contribution in [0.15, 0.2) is 68.6 Å². The Balaban J connectivity index is 1.37. The Kier molecular flexibility index (Phi) is 9.59. The lowest BCUT2D eigenvalue weighted by atomic mass is 9.81. The smallest absolute Gasteiger partial charge is 0.263 e. The molecule has 0 spiro atoms. The molecule has 0 aromatic heterocycles. The molecule has 2 fully saturated rings. The van der Waals surface area contributed by atoms with Crippen LogP contribution in [0.3, 0.4) is 0 Å². The molecule has 0 bridgehead atoms. The van der Waals surface area contributed by atoms with E-state index >= 15 is 0 Å². The topological polar surface area (TPSA) is 76.5 Å². The fraction of sp³-hybridized carbons (Fsp3) is 0.500. The van der Waals surface area contributed by atoms with Crippen molar-refractivity contribution in [3.8, 4) is 0 Å².